The third kappa shape index (κ3) is 3.89. The second-order valence-electron chi connectivity index (χ2n) is 3.36. The molecule has 0 aromatic heterocycles. The van der Waals surface area contributed by atoms with Crippen LogP contribution in [0.25, 0.3) is 0 Å². The Bertz CT molecular complexity index is 434. The lowest BCUT2D eigenvalue weighted by molar-refractivity contribution is -0.163. The summed E-state index contributed by atoms with van der Waals surface area (Å²) in [4.78, 5) is 10.5. The second kappa shape index (κ2) is 5.27. The van der Waals surface area contributed by atoms with Crippen LogP contribution < -0.4 is 0 Å². The maximum atomic E-state index is 12.7. The molecule has 1 aromatic rings. The smallest absolute Gasteiger partial charge is 0.396 e. The molecule has 0 saturated carbocycles. The van der Waals surface area contributed by atoms with E-state index in [1.807, 2.05) is 0 Å². The first-order chi connectivity index (χ1) is 7.71. The van der Waals surface area contributed by atoms with Crippen molar-refractivity contribution >= 4 is 33.5 Å². The third-order valence-electron chi connectivity index (χ3n) is 2.11. The van der Waals surface area contributed by atoms with Gasteiger partial charge in [-0.15, -0.1) is 0 Å². The molecular formula is C10H7BrClF3O2. The Balaban J connectivity index is 3.21. The Kier molecular flexibility index (Phi) is 4.43. The maximum Gasteiger partial charge on any atom is 0.396 e. The summed E-state index contributed by atoms with van der Waals surface area (Å²) >= 11 is 8.69. The molecule has 1 atom stereocenters. The molecule has 0 amide bonds. The molecule has 0 radical (unpaired) electrons. The van der Waals surface area contributed by atoms with Crippen LogP contribution in [0.1, 0.15) is 17.9 Å². The average Bonchev–Trinajstić information content (AvgIpc) is 2.16. The molecule has 2 nitrogen and oxygen atoms in total. The van der Waals surface area contributed by atoms with E-state index in [-0.39, 0.29) is 10.6 Å². The fourth-order valence-electron chi connectivity index (χ4n) is 1.36. The highest BCUT2D eigenvalue weighted by Gasteiger charge is 2.43. The van der Waals surface area contributed by atoms with Crippen molar-refractivity contribution in [1.82, 2.24) is 0 Å². The van der Waals surface area contributed by atoms with Crippen LogP contribution in [0.3, 0.4) is 0 Å². The molecule has 0 aliphatic carbocycles. The molecule has 94 valence electrons. The van der Waals surface area contributed by atoms with Crippen molar-refractivity contribution in [2.75, 3.05) is 0 Å². The summed E-state index contributed by atoms with van der Waals surface area (Å²) in [6, 6.07) is 3.96. The highest BCUT2D eigenvalue weighted by Crippen LogP contribution is 2.41. The Hall–Kier alpha value is -0.750. The van der Waals surface area contributed by atoms with Gasteiger partial charge >= 0.3 is 12.1 Å². The summed E-state index contributed by atoms with van der Waals surface area (Å²) in [5.74, 6) is -3.63. The van der Waals surface area contributed by atoms with Crippen LogP contribution in [0, 0.1) is 0 Å². The second-order valence-corrected chi connectivity index (χ2v) is 4.68. The summed E-state index contributed by atoms with van der Waals surface area (Å²) in [6.45, 7) is 0. The average molecular weight is 332 g/mol. The van der Waals surface area contributed by atoms with E-state index in [4.69, 9.17) is 16.7 Å². The molecule has 1 N–H and O–H groups in total. The van der Waals surface area contributed by atoms with Crippen molar-refractivity contribution in [2.45, 2.75) is 18.5 Å². The van der Waals surface area contributed by atoms with Crippen molar-refractivity contribution in [3.8, 4) is 0 Å². The first-order valence-electron chi connectivity index (χ1n) is 4.45. The van der Waals surface area contributed by atoms with Crippen LogP contribution >= 0.6 is 27.5 Å². The van der Waals surface area contributed by atoms with Gasteiger partial charge in [-0.1, -0.05) is 27.5 Å². The predicted molar refractivity (Wildman–Crippen MR) is 60.2 cm³/mol. The lowest BCUT2D eigenvalue weighted by Gasteiger charge is -2.20. The van der Waals surface area contributed by atoms with Gasteiger partial charge in [0.05, 0.1) is 12.3 Å². The first kappa shape index (κ1) is 14.3. The number of carboxylic acids is 1. The van der Waals surface area contributed by atoms with Crippen LogP contribution in [0.4, 0.5) is 13.2 Å². The number of hydrogen-bond acceptors (Lipinski definition) is 1. The zero-order chi connectivity index (χ0) is 13.2. The van der Waals surface area contributed by atoms with Gasteiger partial charge in [-0.05, 0) is 23.8 Å². The van der Waals surface area contributed by atoms with E-state index in [0.29, 0.717) is 4.47 Å². The molecule has 0 heterocycles. The highest BCUT2D eigenvalue weighted by atomic mass is 79.9. The minimum absolute atomic E-state index is 0.100. The Morgan fingerprint density at radius 2 is 2.06 bits per heavy atom. The van der Waals surface area contributed by atoms with Crippen LogP contribution in [-0.4, -0.2) is 17.3 Å². The molecule has 0 aliphatic rings. The summed E-state index contributed by atoms with van der Waals surface area (Å²) in [5, 5.41) is 8.41. The van der Waals surface area contributed by atoms with Crippen molar-refractivity contribution < 1.29 is 23.1 Å². The van der Waals surface area contributed by atoms with Gasteiger partial charge in [0.2, 0.25) is 0 Å². The predicted octanol–water partition coefficient (Wildman–Crippen LogP) is 4.22. The van der Waals surface area contributed by atoms with E-state index < -0.39 is 24.5 Å². The molecule has 0 fully saturated rings. The van der Waals surface area contributed by atoms with Crippen LogP contribution in [0.2, 0.25) is 5.02 Å². The van der Waals surface area contributed by atoms with Crippen molar-refractivity contribution in [3.63, 3.8) is 0 Å². The number of aliphatic carboxylic acids is 1. The van der Waals surface area contributed by atoms with E-state index in [9.17, 15) is 18.0 Å². The van der Waals surface area contributed by atoms with Crippen molar-refractivity contribution in [3.05, 3.63) is 33.3 Å². The molecular weight excluding hydrogens is 324 g/mol. The lowest BCUT2D eigenvalue weighted by Crippen LogP contribution is -2.24. The van der Waals surface area contributed by atoms with E-state index in [1.54, 1.807) is 0 Å². The lowest BCUT2D eigenvalue weighted by atomic mass is 9.95. The van der Waals surface area contributed by atoms with E-state index in [2.05, 4.69) is 15.9 Å². The summed E-state index contributed by atoms with van der Waals surface area (Å²) in [7, 11) is 0. The van der Waals surface area contributed by atoms with Gasteiger partial charge in [-0.3, -0.25) is 4.79 Å². The minimum Gasteiger partial charge on any atom is -0.481 e. The zero-order valence-corrected chi connectivity index (χ0v) is 10.6. The largest absolute Gasteiger partial charge is 0.481 e. The van der Waals surface area contributed by atoms with Crippen LogP contribution in [0.15, 0.2) is 22.7 Å². The third-order valence-corrected chi connectivity index (χ3v) is 2.94. The number of halogens is 5. The van der Waals surface area contributed by atoms with Crippen LogP contribution in [-0.2, 0) is 4.79 Å². The minimum atomic E-state index is -4.65. The standard InChI is InChI=1S/C10H7BrClF3O2/c11-5-1-2-8(12)6(3-5)7(4-9(16)17)10(13,14)15/h1-3,7H,4H2,(H,16,17). The Labute approximate surface area is 109 Å². The van der Waals surface area contributed by atoms with Gasteiger partial charge < -0.3 is 5.11 Å². The molecule has 7 heteroatoms. The van der Waals surface area contributed by atoms with Crippen molar-refractivity contribution in [1.29, 1.82) is 0 Å². The van der Waals surface area contributed by atoms with E-state index in [0.717, 1.165) is 0 Å². The molecule has 0 saturated heterocycles. The van der Waals surface area contributed by atoms with Gasteiger partial charge in [0.15, 0.2) is 0 Å². The highest BCUT2D eigenvalue weighted by molar-refractivity contribution is 9.10. The van der Waals surface area contributed by atoms with Gasteiger partial charge in [-0.25, -0.2) is 0 Å². The van der Waals surface area contributed by atoms with Gasteiger partial charge in [0.1, 0.15) is 0 Å². The summed E-state index contributed by atoms with van der Waals surface area (Å²) in [5.41, 5.74) is -0.240. The monoisotopic (exact) mass is 330 g/mol. The SMILES string of the molecule is O=C(O)CC(c1cc(Br)ccc1Cl)C(F)(F)F. The molecule has 17 heavy (non-hydrogen) atoms. The fraction of sp³-hybridized carbons (Fsp3) is 0.300. The number of hydrogen-bond donors (Lipinski definition) is 1. The molecule has 1 aromatic carbocycles. The number of carbonyl (C=O) groups is 1. The van der Waals surface area contributed by atoms with Gasteiger partial charge in [0, 0.05) is 9.50 Å². The molecule has 0 bridgehead atoms. The van der Waals surface area contributed by atoms with Crippen LogP contribution in [0.5, 0.6) is 0 Å². The summed E-state index contributed by atoms with van der Waals surface area (Å²) < 4.78 is 38.6. The van der Waals surface area contributed by atoms with Gasteiger partial charge in [-0.2, -0.15) is 13.2 Å². The topological polar surface area (TPSA) is 37.3 Å². The zero-order valence-electron chi connectivity index (χ0n) is 8.26. The maximum absolute atomic E-state index is 12.7. The molecule has 1 unspecified atom stereocenters. The fourth-order valence-corrected chi connectivity index (χ4v) is 1.99. The van der Waals surface area contributed by atoms with E-state index in [1.165, 1.54) is 18.2 Å². The number of alkyl halides is 3. The molecule has 1 rings (SSSR count). The quantitative estimate of drug-likeness (QED) is 0.900. The summed E-state index contributed by atoms with van der Waals surface area (Å²) in [6.07, 6.45) is -5.69. The normalized spacial score (nSPS) is 13.5. The molecule has 0 spiro atoms. The number of carboxylic acid groups (broad SMARTS) is 1. The van der Waals surface area contributed by atoms with Gasteiger partial charge in [0.25, 0.3) is 0 Å². The van der Waals surface area contributed by atoms with E-state index >= 15 is 0 Å². The Morgan fingerprint density at radius 1 is 1.47 bits per heavy atom. The number of benzene rings is 1. The molecule has 0 aliphatic heterocycles. The van der Waals surface area contributed by atoms with Crippen molar-refractivity contribution in [2.24, 2.45) is 0 Å². The first-order valence-corrected chi connectivity index (χ1v) is 5.62. The Morgan fingerprint density at radius 3 is 2.53 bits per heavy atom. The number of rotatable bonds is 3.